The molecule has 0 spiro atoms. The van der Waals surface area contributed by atoms with E-state index in [0.717, 1.165) is 80.3 Å². The number of para-hydroxylation sites is 1. The molecule has 5 rings (SSSR count). The Kier molecular flexibility index (Phi) is 7.50. The summed E-state index contributed by atoms with van der Waals surface area (Å²) in [6.07, 6.45) is 8.98. The van der Waals surface area contributed by atoms with Crippen LogP contribution in [0.2, 0.25) is 0 Å². The fourth-order valence-electron chi connectivity index (χ4n) is 5.52. The van der Waals surface area contributed by atoms with Crippen molar-refractivity contribution in [2.45, 2.75) is 51.5 Å². The summed E-state index contributed by atoms with van der Waals surface area (Å²) in [5.74, 6) is 0.162. The van der Waals surface area contributed by atoms with Gasteiger partial charge in [-0.2, -0.15) is 5.26 Å². The molecule has 1 amide bonds. The normalized spacial score (nSPS) is 17.3. The van der Waals surface area contributed by atoms with E-state index in [1.807, 2.05) is 42.5 Å². The molecule has 0 radical (unpaired) electrons. The van der Waals surface area contributed by atoms with Crippen LogP contribution in [-0.2, 0) is 17.8 Å². The van der Waals surface area contributed by atoms with Gasteiger partial charge in [-0.25, -0.2) is 0 Å². The minimum Gasteiger partial charge on any atom is -0.325 e. The first kappa shape index (κ1) is 24.2. The van der Waals surface area contributed by atoms with Crippen LogP contribution >= 0.6 is 12.4 Å². The largest absolute Gasteiger partial charge is 0.325 e. The number of pyridine rings is 1. The minimum atomic E-state index is -0.312. The number of halogens is 1. The molecule has 0 unspecified atom stereocenters. The van der Waals surface area contributed by atoms with Crippen molar-refractivity contribution in [3.63, 3.8) is 0 Å². The summed E-state index contributed by atoms with van der Waals surface area (Å²) >= 11 is 0. The Morgan fingerprint density at radius 1 is 1.09 bits per heavy atom. The van der Waals surface area contributed by atoms with E-state index in [4.69, 9.17) is 5.26 Å². The Balaban J connectivity index is 0.00000274. The molecule has 2 aromatic carbocycles. The summed E-state index contributed by atoms with van der Waals surface area (Å²) in [5.41, 5.74) is 4.79. The molecule has 1 aromatic heterocycles. The van der Waals surface area contributed by atoms with Gasteiger partial charge in [-0.15, -0.1) is 12.4 Å². The molecule has 176 valence electrons. The molecule has 1 fully saturated rings. The molecule has 1 aliphatic heterocycles. The number of nitrogens with one attached hydrogen (secondary N) is 1. The van der Waals surface area contributed by atoms with Crippen LogP contribution in [0.5, 0.6) is 0 Å². The molecule has 34 heavy (non-hydrogen) atoms. The maximum atomic E-state index is 13.7. The second-order valence-electron chi connectivity index (χ2n) is 9.54. The molecule has 1 saturated carbocycles. The number of aromatic nitrogens is 1. The molecule has 2 heterocycles. The van der Waals surface area contributed by atoms with Gasteiger partial charge in [0.2, 0.25) is 5.91 Å². The number of benzene rings is 2. The van der Waals surface area contributed by atoms with Gasteiger partial charge in [-0.1, -0.05) is 43.5 Å². The standard InChI is InChI=1S/C28H30N4O.ClH/c29-19-21-8-9-23-20-32(16-11-22(23)18-21)17-14-28(12-4-1-5-13-28)27(33)31-26-10-15-30-25-7-3-2-6-24(25)26;/h2-3,6-10,15,18H,1,4-5,11-14,16-17,20H2,(H,30,31,33);1H. The number of carbonyl (C=O) groups excluding carboxylic acids is 1. The number of nitrogens with zero attached hydrogens (tertiary/aromatic N) is 3. The number of nitriles is 1. The van der Waals surface area contributed by atoms with Crippen LogP contribution in [0, 0.1) is 16.7 Å². The SMILES string of the molecule is Cl.N#Cc1ccc2c(c1)CCN(CCC1(C(=O)Nc3ccnc4ccccc34)CCCCC1)C2. The van der Waals surface area contributed by atoms with Crippen molar-refractivity contribution >= 4 is 34.9 Å². The van der Waals surface area contributed by atoms with Crippen molar-refractivity contribution < 1.29 is 4.79 Å². The molecule has 0 saturated heterocycles. The lowest BCUT2D eigenvalue weighted by Gasteiger charge is -2.38. The Morgan fingerprint density at radius 3 is 2.74 bits per heavy atom. The maximum absolute atomic E-state index is 13.7. The molecule has 0 atom stereocenters. The highest BCUT2D eigenvalue weighted by atomic mass is 35.5. The number of amides is 1. The smallest absolute Gasteiger partial charge is 0.230 e. The summed E-state index contributed by atoms with van der Waals surface area (Å²) < 4.78 is 0. The van der Waals surface area contributed by atoms with Crippen LogP contribution < -0.4 is 5.32 Å². The zero-order valence-corrected chi connectivity index (χ0v) is 20.2. The molecule has 1 N–H and O–H groups in total. The van der Waals surface area contributed by atoms with Crippen molar-refractivity contribution in [2.24, 2.45) is 5.41 Å². The first-order chi connectivity index (χ1) is 16.2. The fourth-order valence-corrected chi connectivity index (χ4v) is 5.52. The summed E-state index contributed by atoms with van der Waals surface area (Å²) in [6, 6.07) is 18.2. The van der Waals surface area contributed by atoms with Gasteiger partial charge >= 0.3 is 0 Å². The Morgan fingerprint density at radius 2 is 1.91 bits per heavy atom. The summed E-state index contributed by atoms with van der Waals surface area (Å²) in [6.45, 7) is 2.80. The molecule has 1 aliphatic carbocycles. The highest BCUT2D eigenvalue weighted by Crippen LogP contribution is 2.41. The summed E-state index contributed by atoms with van der Waals surface area (Å²) in [4.78, 5) is 20.6. The maximum Gasteiger partial charge on any atom is 0.230 e. The average Bonchev–Trinajstić information content (AvgIpc) is 2.87. The predicted octanol–water partition coefficient (Wildman–Crippen LogP) is 5.87. The van der Waals surface area contributed by atoms with Gasteiger partial charge in [-0.05, 0) is 67.6 Å². The lowest BCUT2D eigenvalue weighted by molar-refractivity contribution is -0.128. The molecular weight excluding hydrogens is 444 g/mol. The monoisotopic (exact) mass is 474 g/mol. The van der Waals surface area contributed by atoms with Crippen molar-refractivity contribution in [1.29, 1.82) is 5.26 Å². The van der Waals surface area contributed by atoms with E-state index in [0.29, 0.717) is 0 Å². The Bertz CT molecular complexity index is 1210. The number of hydrogen-bond acceptors (Lipinski definition) is 4. The van der Waals surface area contributed by atoms with Crippen molar-refractivity contribution in [2.75, 3.05) is 18.4 Å². The van der Waals surface area contributed by atoms with Crippen molar-refractivity contribution in [1.82, 2.24) is 9.88 Å². The van der Waals surface area contributed by atoms with Gasteiger partial charge in [-0.3, -0.25) is 14.7 Å². The lowest BCUT2D eigenvalue weighted by atomic mass is 9.71. The number of hydrogen-bond donors (Lipinski definition) is 1. The van der Waals surface area contributed by atoms with E-state index in [1.165, 1.54) is 17.5 Å². The van der Waals surface area contributed by atoms with E-state index in [1.54, 1.807) is 6.20 Å². The highest BCUT2D eigenvalue weighted by Gasteiger charge is 2.39. The quantitative estimate of drug-likeness (QED) is 0.502. The van der Waals surface area contributed by atoms with Crippen LogP contribution in [0.1, 0.15) is 55.2 Å². The first-order valence-corrected chi connectivity index (χ1v) is 12.1. The Hall–Kier alpha value is -2.94. The van der Waals surface area contributed by atoms with Crippen LogP contribution in [0.15, 0.2) is 54.7 Å². The van der Waals surface area contributed by atoms with Gasteiger partial charge in [0.25, 0.3) is 0 Å². The van der Waals surface area contributed by atoms with E-state index >= 15 is 0 Å². The second-order valence-corrected chi connectivity index (χ2v) is 9.54. The van der Waals surface area contributed by atoms with Gasteiger partial charge in [0.05, 0.1) is 28.3 Å². The lowest BCUT2D eigenvalue weighted by Crippen LogP contribution is -2.42. The van der Waals surface area contributed by atoms with E-state index in [-0.39, 0.29) is 23.7 Å². The highest BCUT2D eigenvalue weighted by molar-refractivity contribution is 6.03. The third-order valence-electron chi connectivity index (χ3n) is 7.52. The minimum absolute atomic E-state index is 0. The molecule has 6 heteroatoms. The molecular formula is C28H31ClN4O. The Labute approximate surface area is 207 Å². The van der Waals surface area contributed by atoms with Crippen LogP contribution in [0.4, 0.5) is 5.69 Å². The van der Waals surface area contributed by atoms with Gasteiger partial charge in [0.15, 0.2) is 0 Å². The third kappa shape index (κ3) is 4.94. The van der Waals surface area contributed by atoms with Gasteiger partial charge in [0.1, 0.15) is 0 Å². The molecule has 3 aromatic rings. The average molecular weight is 475 g/mol. The number of anilines is 1. The van der Waals surface area contributed by atoms with Crippen LogP contribution in [-0.4, -0.2) is 28.9 Å². The van der Waals surface area contributed by atoms with Crippen molar-refractivity contribution in [3.05, 3.63) is 71.4 Å². The third-order valence-corrected chi connectivity index (χ3v) is 7.52. The fraction of sp³-hybridized carbons (Fsp3) is 0.393. The number of fused-ring (bicyclic) bond motifs is 2. The number of carbonyl (C=O) groups is 1. The first-order valence-electron chi connectivity index (χ1n) is 12.1. The molecule has 2 aliphatic rings. The van der Waals surface area contributed by atoms with Crippen molar-refractivity contribution in [3.8, 4) is 6.07 Å². The predicted molar refractivity (Wildman–Crippen MR) is 138 cm³/mol. The molecule has 5 nitrogen and oxygen atoms in total. The van der Waals surface area contributed by atoms with E-state index in [9.17, 15) is 4.79 Å². The molecule has 0 bridgehead atoms. The summed E-state index contributed by atoms with van der Waals surface area (Å²) in [7, 11) is 0. The van der Waals surface area contributed by atoms with E-state index in [2.05, 4.69) is 27.3 Å². The topological polar surface area (TPSA) is 69.0 Å². The van der Waals surface area contributed by atoms with E-state index < -0.39 is 0 Å². The van der Waals surface area contributed by atoms with Gasteiger partial charge in [0, 0.05) is 24.7 Å². The summed E-state index contributed by atoms with van der Waals surface area (Å²) in [5, 5.41) is 13.4. The zero-order valence-electron chi connectivity index (χ0n) is 19.4. The number of rotatable bonds is 5. The van der Waals surface area contributed by atoms with Crippen LogP contribution in [0.25, 0.3) is 10.9 Å². The van der Waals surface area contributed by atoms with Gasteiger partial charge < -0.3 is 5.32 Å². The zero-order chi connectivity index (χ0) is 22.7. The van der Waals surface area contributed by atoms with Crippen LogP contribution in [0.3, 0.4) is 0 Å². The second kappa shape index (κ2) is 10.5.